The van der Waals surface area contributed by atoms with Crippen molar-refractivity contribution in [3.63, 3.8) is 0 Å². The van der Waals surface area contributed by atoms with Gasteiger partial charge in [-0.1, -0.05) is 31.9 Å². The predicted molar refractivity (Wildman–Crippen MR) is 118 cm³/mol. The topological polar surface area (TPSA) is 60.2 Å². The molecule has 0 saturated heterocycles. The van der Waals surface area contributed by atoms with Crippen molar-refractivity contribution in [2.45, 2.75) is 33.1 Å². The minimum absolute atomic E-state index is 0.415. The number of aryl methyl sites for hydroxylation is 1. The van der Waals surface area contributed by atoms with E-state index in [0.29, 0.717) is 23.6 Å². The summed E-state index contributed by atoms with van der Waals surface area (Å²) in [5, 5.41) is 8.43. The molecular weight excluding hydrogens is 376 g/mol. The first-order valence-electron chi connectivity index (χ1n) is 10.2. The Bertz CT molecular complexity index is 980. The van der Waals surface area contributed by atoms with E-state index in [2.05, 4.69) is 17.2 Å². The number of ether oxygens (including phenoxy) is 2. The van der Waals surface area contributed by atoms with Crippen LogP contribution in [0.25, 0.3) is 0 Å². The number of carbonyl (C=O) groups excluding carboxylic acids is 1. The van der Waals surface area contributed by atoms with Crippen LogP contribution in [0.3, 0.4) is 0 Å². The van der Waals surface area contributed by atoms with Crippen LogP contribution in [0.15, 0.2) is 83.0 Å². The minimum Gasteiger partial charge on any atom is -0.494 e. The molecule has 0 aliphatic rings. The summed E-state index contributed by atoms with van der Waals surface area (Å²) in [4.78, 5) is 12.3. The Morgan fingerprint density at radius 1 is 0.833 bits per heavy atom. The Morgan fingerprint density at radius 2 is 1.53 bits per heavy atom. The zero-order valence-corrected chi connectivity index (χ0v) is 17.4. The number of unbranched alkanes of at least 4 members (excludes halogenated alkanes) is 2. The van der Waals surface area contributed by atoms with Crippen LogP contribution in [0, 0.1) is 6.92 Å². The maximum Gasteiger partial charge on any atom is 0.343 e. The van der Waals surface area contributed by atoms with Crippen molar-refractivity contribution < 1.29 is 14.3 Å². The van der Waals surface area contributed by atoms with Gasteiger partial charge < -0.3 is 9.47 Å². The first-order valence-corrected chi connectivity index (χ1v) is 10.2. The van der Waals surface area contributed by atoms with Gasteiger partial charge in [-0.05, 0) is 79.6 Å². The van der Waals surface area contributed by atoms with E-state index in [1.807, 2.05) is 31.2 Å². The summed E-state index contributed by atoms with van der Waals surface area (Å²) in [6.45, 7) is 4.85. The molecule has 0 aromatic heterocycles. The number of esters is 1. The lowest BCUT2D eigenvalue weighted by molar-refractivity contribution is 0.0734. The molecule has 5 nitrogen and oxygen atoms in total. The smallest absolute Gasteiger partial charge is 0.343 e. The van der Waals surface area contributed by atoms with Gasteiger partial charge >= 0.3 is 5.97 Å². The van der Waals surface area contributed by atoms with E-state index in [1.54, 1.807) is 48.5 Å². The molecule has 0 heterocycles. The van der Waals surface area contributed by atoms with E-state index >= 15 is 0 Å². The van der Waals surface area contributed by atoms with Crippen LogP contribution in [-0.2, 0) is 0 Å². The van der Waals surface area contributed by atoms with Crippen molar-refractivity contribution in [2.24, 2.45) is 10.2 Å². The Kier molecular flexibility index (Phi) is 7.72. The quantitative estimate of drug-likeness (QED) is 0.165. The molecule has 0 atom stereocenters. The lowest BCUT2D eigenvalue weighted by Gasteiger charge is -2.07. The van der Waals surface area contributed by atoms with Gasteiger partial charge in [-0.25, -0.2) is 4.79 Å². The second-order valence-corrected chi connectivity index (χ2v) is 7.00. The molecule has 154 valence electrons. The van der Waals surface area contributed by atoms with Crippen LogP contribution in [0.5, 0.6) is 11.5 Å². The van der Waals surface area contributed by atoms with E-state index in [4.69, 9.17) is 9.47 Å². The number of nitrogens with zero attached hydrogens (tertiary/aromatic N) is 2. The predicted octanol–water partition coefficient (Wildman–Crippen LogP) is 7.20. The lowest BCUT2D eigenvalue weighted by Crippen LogP contribution is -2.08. The highest BCUT2D eigenvalue weighted by Gasteiger charge is 2.09. The van der Waals surface area contributed by atoms with Gasteiger partial charge in [0.05, 0.1) is 23.5 Å². The van der Waals surface area contributed by atoms with Crippen molar-refractivity contribution in [1.29, 1.82) is 0 Å². The van der Waals surface area contributed by atoms with E-state index in [9.17, 15) is 4.79 Å². The molecule has 0 saturated carbocycles. The van der Waals surface area contributed by atoms with E-state index in [0.717, 1.165) is 36.3 Å². The maximum atomic E-state index is 12.3. The maximum absolute atomic E-state index is 12.3. The molecule has 0 aliphatic carbocycles. The number of benzene rings is 3. The normalized spacial score (nSPS) is 10.9. The van der Waals surface area contributed by atoms with Crippen LogP contribution in [-0.4, -0.2) is 12.6 Å². The molecule has 0 fully saturated rings. The number of azo groups is 1. The van der Waals surface area contributed by atoms with Gasteiger partial charge in [-0.3, -0.25) is 0 Å². The second-order valence-electron chi connectivity index (χ2n) is 7.00. The molecule has 3 aromatic rings. The zero-order valence-electron chi connectivity index (χ0n) is 17.4. The minimum atomic E-state index is -0.415. The molecule has 3 aromatic carbocycles. The van der Waals surface area contributed by atoms with Crippen LogP contribution in [0.1, 0.15) is 42.1 Å². The monoisotopic (exact) mass is 402 g/mol. The Balaban J connectivity index is 1.54. The van der Waals surface area contributed by atoms with Crippen molar-refractivity contribution in [2.75, 3.05) is 6.61 Å². The fraction of sp³-hybridized carbons (Fsp3) is 0.240. The van der Waals surface area contributed by atoms with E-state index in [-0.39, 0.29) is 0 Å². The second kappa shape index (κ2) is 10.9. The van der Waals surface area contributed by atoms with Crippen LogP contribution < -0.4 is 9.47 Å². The summed E-state index contributed by atoms with van der Waals surface area (Å²) in [5.41, 5.74) is 3.08. The third-order valence-electron chi connectivity index (χ3n) is 4.44. The Hall–Kier alpha value is -3.47. The van der Waals surface area contributed by atoms with Gasteiger partial charge in [0.2, 0.25) is 0 Å². The number of rotatable bonds is 9. The highest BCUT2D eigenvalue weighted by Crippen LogP contribution is 2.23. The molecule has 5 heteroatoms. The summed E-state index contributed by atoms with van der Waals surface area (Å²) in [7, 11) is 0. The first-order chi connectivity index (χ1) is 14.6. The van der Waals surface area contributed by atoms with Gasteiger partial charge in [0.1, 0.15) is 11.5 Å². The fourth-order valence-electron chi connectivity index (χ4n) is 2.78. The summed E-state index contributed by atoms with van der Waals surface area (Å²) in [6, 6.07) is 21.7. The Morgan fingerprint density at radius 3 is 2.23 bits per heavy atom. The average Bonchev–Trinajstić information content (AvgIpc) is 2.77. The highest BCUT2D eigenvalue weighted by atomic mass is 16.5. The van der Waals surface area contributed by atoms with E-state index in [1.165, 1.54) is 0 Å². The first kappa shape index (κ1) is 21.2. The lowest BCUT2D eigenvalue weighted by atomic mass is 10.2. The molecule has 0 unspecified atom stereocenters. The average molecular weight is 402 g/mol. The third-order valence-corrected chi connectivity index (χ3v) is 4.44. The van der Waals surface area contributed by atoms with Gasteiger partial charge in [-0.2, -0.15) is 10.2 Å². The van der Waals surface area contributed by atoms with Gasteiger partial charge in [-0.15, -0.1) is 0 Å². The molecule has 0 amide bonds. The summed E-state index contributed by atoms with van der Waals surface area (Å²) in [5.74, 6) is 0.794. The molecule has 0 radical (unpaired) electrons. The van der Waals surface area contributed by atoms with Crippen LogP contribution >= 0.6 is 0 Å². The van der Waals surface area contributed by atoms with Crippen LogP contribution in [0.2, 0.25) is 0 Å². The van der Waals surface area contributed by atoms with Crippen molar-refractivity contribution in [1.82, 2.24) is 0 Å². The van der Waals surface area contributed by atoms with Crippen molar-refractivity contribution in [3.05, 3.63) is 83.9 Å². The molecule has 0 N–H and O–H groups in total. The highest BCUT2D eigenvalue weighted by molar-refractivity contribution is 5.91. The summed E-state index contributed by atoms with van der Waals surface area (Å²) >= 11 is 0. The standard InChI is InChI=1S/C25H26N2O3/c1-3-4-5-17-29-23-13-9-20(10-14-23)25(28)30-24-15-11-21(12-16-24)26-27-22-8-6-7-19(2)18-22/h6-16,18H,3-5,17H2,1-2H3. The number of carbonyl (C=O) groups is 1. The third kappa shape index (κ3) is 6.55. The number of hydrogen-bond donors (Lipinski definition) is 0. The molecule has 30 heavy (non-hydrogen) atoms. The van der Waals surface area contributed by atoms with Gasteiger partial charge in [0.25, 0.3) is 0 Å². The Labute approximate surface area is 177 Å². The van der Waals surface area contributed by atoms with Gasteiger partial charge in [0.15, 0.2) is 0 Å². The molecular formula is C25H26N2O3. The molecule has 0 spiro atoms. The zero-order chi connectivity index (χ0) is 21.2. The van der Waals surface area contributed by atoms with Crippen molar-refractivity contribution in [3.8, 4) is 11.5 Å². The molecule has 3 rings (SSSR count). The van der Waals surface area contributed by atoms with Crippen LogP contribution in [0.4, 0.5) is 11.4 Å². The largest absolute Gasteiger partial charge is 0.494 e. The molecule has 0 aliphatic heterocycles. The van der Waals surface area contributed by atoms with Gasteiger partial charge in [0, 0.05) is 0 Å². The SMILES string of the molecule is CCCCCOc1ccc(C(=O)Oc2ccc(N=Nc3cccc(C)c3)cc2)cc1. The summed E-state index contributed by atoms with van der Waals surface area (Å²) < 4.78 is 11.1. The molecule has 0 bridgehead atoms. The summed E-state index contributed by atoms with van der Waals surface area (Å²) in [6.07, 6.45) is 3.34. The van der Waals surface area contributed by atoms with E-state index < -0.39 is 5.97 Å². The fourth-order valence-corrected chi connectivity index (χ4v) is 2.78. The van der Waals surface area contributed by atoms with Crippen molar-refractivity contribution >= 4 is 17.3 Å². The number of hydrogen-bond acceptors (Lipinski definition) is 5.